The Kier molecular flexibility index (Phi) is 7.32. The van der Waals surface area contributed by atoms with Gasteiger partial charge >= 0.3 is 6.01 Å². The number of carbonyl (C=O) groups excluding carboxylic acids is 1. The molecule has 0 aliphatic rings. The third kappa shape index (κ3) is 5.62. The fourth-order valence-electron chi connectivity index (χ4n) is 2.70. The summed E-state index contributed by atoms with van der Waals surface area (Å²) in [5.74, 6) is -0.390. The van der Waals surface area contributed by atoms with Crippen LogP contribution in [0, 0.1) is 0 Å². The number of sulfonamides is 1. The van der Waals surface area contributed by atoms with Crippen molar-refractivity contribution in [2.45, 2.75) is 24.7 Å². The Balaban J connectivity index is 1.71. The molecule has 0 fully saturated rings. The van der Waals surface area contributed by atoms with Crippen LogP contribution in [0.5, 0.6) is 0 Å². The minimum absolute atomic E-state index is 0.112. The molecule has 1 aromatic heterocycles. The summed E-state index contributed by atoms with van der Waals surface area (Å²) in [7, 11) is -2.07. The molecule has 8 nitrogen and oxygen atoms in total. The number of hydrogen-bond acceptors (Lipinski definition) is 6. The van der Waals surface area contributed by atoms with Gasteiger partial charge in [0.25, 0.3) is 5.91 Å². The largest absolute Gasteiger partial charge is 0.403 e. The number of aromatic nitrogens is 2. The molecule has 1 N–H and O–H groups in total. The molecule has 0 saturated carbocycles. The Hall–Kier alpha value is -2.46. The van der Waals surface area contributed by atoms with Gasteiger partial charge in [-0.1, -0.05) is 41.6 Å². The van der Waals surface area contributed by atoms with Crippen LogP contribution in [0.1, 0.15) is 30.1 Å². The summed E-state index contributed by atoms with van der Waals surface area (Å²) >= 11 is 11.9. The molecular formula is C20H20Cl2N4O4S. The first-order chi connectivity index (χ1) is 14.7. The van der Waals surface area contributed by atoms with Crippen molar-refractivity contribution in [3.8, 4) is 11.5 Å². The first-order valence-corrected chi connectivity index (χ1v) is 11.6. The first-order valence-electron chi connectivity index (χ1n) is 9.38. The molecule has 1 heterocycles. The summed E-state index contributed by atoms with van der Waals surface area (Å²) in [4.78, 5) is 12.6. The molecule has 0 radical (unpaired) electrons. The van der Waals surface area contributed by atoms with Crippen LogP contribution in [-0.2, 0) is 10.0 Å². The fourth-order valence-corrected chi connectivity index (χ4v) is 4.43. The minimum Gasteiger partial charge on any atom is -0.403 e. The van der Waals surface area contributed by atoms with E-state index in [0.717, 1.165) is 12.8 Å². The van der Waals surface area contributed by atoms with Gasteiger partial charge in [0.1, 0.15) is 0 Å². The zero-order chi connectivity index (χ0) is 22.6. The number of benzene rings is 2. The minimum atomic E-state index is -3.61. The van der Waals surface area contributed by atoms with E-state index in [1.165, 1.54) is 35.6 Å². The molecule has 3 aromatic rings. The van der Waals surface area contributed by atoms with E-state index in [1.54, 1.807) is 18.2 Å². The van der Waals surface area contributed by atoms with Gasteiger partial charge in [-0.2, -0.15) is 0 Å². The monoisotopic (exact) mass is 482 g/mol. The number of nitrogens with one attached hydrogen (secondary N) is 1. The van der Waals surface area contributed by atoms with Crippen molar-refractivity contribution in [3.05, 3.63) is 58.1 Å². The molecular weight excluding hydrogens is 463 g/mol. The molecule has 0 spiro atoms. The van der Waals surface area contributed by atoms with Gasteiger partial charge in [-0.25, -0.2) is 12.7 Å². The van der Waals surface area contributed by atoms with Crippen LogP contribution >= 0.6 is 23.2 Å². The van der Waals surface area contributed by atoms with Gasteiger partial charge in [0.2, 0.25) is 15.9 Å². The molecule has 0 aliphatic carbocycles. The van der Waals surface area contributed by atoms with E-state index in [9.17, 15) is 13.2 Å². The van der Waals surface area contributed by atoms with Crippen molar-refractivity contribution < 1.29 is 17.6 Å². The highest BCUT2D eigenvalue weighted by molar-refractivity contribution is 7.89. The van der Waals surface area contributed by atoms with Crippen molar-refractivity contribution in [2.75, 3.05) is 18.9 Å². The molecule has 0 unspecified atom stereocenters. The average Bonchev–Trinajstić information content (AvgIpc) is 3.19. The Bertz CT molecular complexity index is 1160. The lowest BCUT2D eigenvalue weighted by Crippen LogP contribution is -2.28. The zero-order valence-corrected chi connectivity index (χ0v) is 19.1. The van der Waals surface area contributed by atoms with Crippen LogP contribution in [-0.4, -0.2) is 42.4 Å². The number of nitrogens with zero attached hydrogens (tertiary/aromatic N) is 3. The second kappa shape index (κ2) is 9.78. The zero-order valence-electron chi connectivity index (χ0n) is 16.8. The Morgan fingerprint density at radius 2 is 1.74 bits per heavy atom. The van der Waals surface area contributed by atoms with Gasteiger partial charge in [0.05, 0.1) is 4.90 Å². The molecule has 0 saturated heterocycles. The quantitative estimate of drug-likeness (QED) is 0.497. The normalized spacial score (nSPS) is 11.6. The summed E-state index contributed by atoms with van der Waals surface area (Å²) in [5.41, 5.74) is 0.743. The van der Waals surface area contributed by atoms with Crippen molar-refractivity contribution >= 4 is 45.1 Å². The van der Waals surface area contributed by atoms with Gasteiger partial charge < -0.3 is 4.42 Å². The third-order valence-corrected chi connectivity index (χ3v) is 6.71. The van der Waals surface area contributed by atoms with Crippen LogP contribution in [0.3, 0.4) is 0 Å². The van der Waals surface area contributed by atoms with Crippen LogP contribution < -0.4 is 5.32 Å². The van der Waals surface area contributed by atoms with E-state index in [-0.39, 0.29) is 22.4 Å². The number of carbonyl (C=O) groups is 1. The highest BCUT2D eigenvalue weighted by Crippen LogP contribution is 2.27. The van der Waals surface area contributed by atoms with E-state index < -0.39 is 15.9 Å². The van der Waals surface area contributed by atoms with Crippen LogP contribution in [0.25, 0.3) is 11.5 Å². The summed E-state index contributed by atoms with van der Waals surface area (Å²) in [5, 5.41) is 11.0. The molecule has 0 atom stereocenters. The summed E-state index contributed by atoms with van der Waals surface area (Å²) in [6.07, 6.45) is 1.66. The van der Waals surface area contributed by atoms with Crippen LogP contribution in [0.4, 0.5) is 6.01 Å². The summed E-state index contributed by atoms with van der Waals surface area (Å²) < 4.78 is 31.9. The van der Waals surface area contributed by atoms with Crippen molar-refractivity contribution in [3.63, 3.8) is 0 Å². The molecule has 0 bridgehead atoms. The molecule has 3 rings (SSSR count). The maximum Gasteiger partial charge on any atom is 0.322 e. The molecule has 1 amide bonds. The number of amides is 1. The predicted octanol–water partition coefficient (Wildman–Crippen LogP) is 4.72. The van der Waals surface area contributed by atoms with E-state index in [1.807, 2.05) is 6.92 Å². The highest BCUT2D eigenvalue weighted by Gasteiger charge is 2.21. The lowest BCUT2D eigenvalue weighted by Gasteiger charge is -2.16. The number of unbranched alkanes of at least 4 members (excludes halogenated alkanes) is 1. The standard InChI is InChI=1S/C20H20Cl2N4O4S/c1-3-4-9-26(2)31(28,29)17-7-5-13(6-8-17)18(27)23-20-25-24-19(30-20)14-10-15(21)12-16(22)11-14/h5-8,10-12H,3-4,9H2,1-2H3,(H,23,25,27). The van der Waals surface area contributed by atoms with Crippen molar-refractivity contribution in [1.29, 1.82) is 0 Å². The average molecular weight is 483 g/mol. The maximum atomic E-state index is 12.6. The Morgan fingerprint density at radius 1 is 1.10 bits per heavy atom. The number of anilines is 1. The second-order valence-electron chi connectivity index (χ2n) is 6.73. The van der Waals surface area contributed by atoms with E-state index in [2.05, 4.69) is 15.5 Å². The Morgan fingerprint density at radius 3 is 2.35 bits per heavy atom. The maximum absolute atomic E-state index is 12.6. The SMILES string of the molecule is CCCCN(C)S(=O)(=O)c1ccc(C(=O)Nc2nnc(-c3cc(Cl)cc(Cl)c3)o2)cc1. The molecule has 164 valence electrons. The van der Waals surface area contributed by atoms with Gasteiger partial charge in [-0.3, -0.25) is 10.1 Å². The predicted molar refractivity (Wildman–Crippen MR) is 119 cm³/mol. The van der Waals surface area contributed by atoms with Crippen LogP contribution in [0.2, 0.25) is 10.0 Å². The smallest absolute Gasteiger partial charge is 0.322 e. The van der Waals surface area contributed by atoms with E-state index in [4.69, 9.17) is 27.6 Å². The lowest BCUT2D eigenvalue weighted by molar-refractivity contribution is 0.102. The van der Waals surface area contributed by atoms with Gasteiger partial charge in [-0.15, -0.1) is 5.10 Å². The van der Waals surface area contributed by atoms with E-state index in [0.29, 0.717) is 22.2 Å². The number of hydrogen-bond donors (Lipinski definition) is 1. The molecule has 31 heavy (non-hydrogen) atoms. The summed E-state index contributed by atoms with van der Waals surface area (Å²) in [6.45, 7) is 2.42. The second-order valence-corrected chi connectivity index (χ2v) is 9.65. The van der Waals surface area contributed by atoms with Gasteiger partial charge in [0.15, 0.2) is 0 Å². The van der Waals surface area contributed by atoms with Crippen molar-refractivity contribution in [2.24, 2.45) is 0 Å². The Labute approximate surface area is 190 Å². The number of rotatable bonds is 8. The fraction of sp³-hybridized carbons (Fsp3) is 0.250. The highest BCUT2D eigenvalue weighted by atomic mass is 35.5. The topological polar surface area (TPSA) is 105 Å². The van der Waals surface area contributed by atoms with E-state index >= 15 is 0 Å². The molecule has 2 aromatic carbocycles. The van der Waals surface area contributed by atoms with Gasteiger partial charge in [-0.05, 0) is 48.9 Å². The number of halogens is 2. The van der Waals surface area contributed by atoms with Crippen molar-refractivity contribution in [1.82, 2.24) is 14.5 Å². The molecule has 11 heteroatoms. The van der Waals surface area contributed by atoms with Crippen LogP contribution in [0.15, 0.2) is 51.8 Å². The lowest BCUT2D eigenvalue weighted by atomic mass is 10.2. The first kappa shape index (κ1) is 23.2. The summed E-state index contributed by atoms with van der Waals surface area (Å²) in [6, 6.07) is 10.3. The van der Waals surface area contributed by atoms with Gasteiger partial charge in [0, 0.05) is 34.8 Å². The molecule has 0 aliphatic heterocycles. The third-order valence-electron chi connectivity index (χ3n) is 4.41.